The highest BCUT2D eigenvalue weighted by Crippen LogP contribution is 2.64. The highest BCUT2D eigenvalue weighted by atomic mass is 32.1. The second kappa shape index (κ2) is 8.53. The van der Waals surface area contributed by atoms with E-state index in [1.807, 2.05) is 43.7 Å². The lowest BCUT2D eigenvalue weighted by molar-refractivity contribution is 0.423. The molecule has 0 bridgehead atoms. The minimum Gasteiger partial charge on any atom is -0.251 e. The predicted octanol–water partition coefficient (Wildman–Crippen LogP) is 6.09. The van der Waals surface area contributed by atoms with E-state index in [-0.39, 0.29) is 6.71 Å². The SMILES string of the molecule is CC.Cc1cn2nc(-c3cnc4cc(CC5CCB(C#N)C6(CC6)C5)sc4n3)cc(C)c2n1. The topological polar surface area (TPSA) is 79.8 Å². The Hall–Kier alpha value is -2.79. The third-order valence-electron chi connectivity index (χ3n) is 7.12. The molecule has 1 atom stereocenters. The Labute approximate surface area is 199 Å². The van der Waals surface area contributed by atoms with E-state index in [2.05, 4.69) is 23.9 Å². The quantitative estimate of drug-likeness (QED) is 0.349. The third kappa shape index (κ3) is 4.04. The molecule has 2 fully saturated rings. The molecule has 0 aromatic carbocycles. The van der Waals surface area contributed by atoms with Gasteiger partial charge in [-0.25, -0.2) is 19.7 Å². The van der Waals surface area contributed by atoms with Crippen LogP contribution in [-0.2, 0) is 6.42 Å². The fourth-order valence-corrected chi connectivity index (χ4v) is 6.46. The molecule has 168 valence electrons. The Kier molecular flexibility index (Phi) is 5.69. The molecule has 1 saturated carbocycles. The normalized spacial score (nSPS) is 18.9. The lowest BCUT2D eigenvalue weighted by atomic mass is 9.33. The summed E-state index contributed by atoms with van der Waals surface area (Å²) in [5, 5.41) is 14.5. The summed E-state index contributed by atoms with van der Waals surface area (Å²) >= 11 is 1.75. The van der Waals surface area contributed by atoms with Crippen LogP contribution in [0.1, 0.15) is 55.7 Å². The maximum atomic E-state index is 9.46. The van der Waals surface area contributed by atoms with Crippen LogP contribution >= 0.6 is 11.3 Å². The van der Waals surface area contributed by atoms with Crippen molar-refractivity contribution < 1.29 is 0 Å². The zero-order valence-corrected chi connectivity index (χ0v) is 20.6. The monoisotopic (exact) mass is 456 g/mol. The van der Waals surface area contributed by atoms with Crippen molar-refractivity contribution in [3.63, 3.8) is 0 Å². The summed E-state index contributed by atoms with van der Waals surface area (Å²) in [6, 6.07) is 4.24. The molecule has 1 aliphatic heterocycles. The van der Waals surface area contributed by atoms with E-state index >= 15 is 0 Å². The number of aromatic nitrogens is 5. The molecule has 1 spiro atoms. The first-order valence-corrected chi connectivity index (χ1v) is 12.8. The standard InChI is InChI=1S/C23H23BN6S.C2H6/c1-14-7-18(29-30-12-15(2)27-21(14)30)20-11-26-19-9-17(31-22(19)28-20)8-16-3-6-24(13-25)23(10-16)4-5-23;1-2/h7,9,11-12,16H,3-6,8,10H2,1-2H3;1-2H3. The average Bonchev–Trinajstić information content (AvgIpc) is 3.27. The molecule has 6 nitrogen and oxygen atoms in total. The van der Waals surface area contributed by atoms with Crippen LogP contribution in [0.5, 0.6) is 0 Å². The first-order chi connectivity index (χ1) is 16.0. The summed E-state index contributed by atoms with van der Waals surface area (Å²) in [7, 11) is 0. The van der Waals surface area contributed by atoms with Crippen molar-refractivity contribution in [2.75, 3.05) is 0 Å². The predicted molar refractivity (Wildman–Crippen MR) is 135 cm³/mol. The molecule has 2 aliphatic rings. The molecule has 4 aromatic rings. The summed E-state index contributed by atoms with van der Waals surface area (Å²) in [5.74, 6) is 3.25. The molecule has 4 aromatic heterocycles. The van der Waals surface area contributed by atoms with Crippen LogP contribution in [0.25, 0.3) is 27.4 Å². The lowest BCUT2D eigenvalue weighted by Gasteiger charge is -2.30. The lowest BCUT2D eigenvalue weighted by Crippen LogP contribution is -2.29. The zero-order valence-electron chi connectivity index (χ0n) is 19.8. The van der Waals surface area contributed by atoms with Crippen LogP contribution in [0.15, 0.2) is 24.5 Å². The minimum absolute atomic E-state index is 0.282. The molecule has 1 saturated heterocycles. The van der Waals surface area contributed by atoms with Gasteiger partial charge in [0.05, 0.1) is 18.1 Å². The molecule has 0 amide bonds. The van der Waals surface area contributed by atoms with Crippen molar-refractivity contribution in [3.05, 3.63) is 40.7 Å². The molecule has 6 rings (SSSR count). The Morgan fingerprint density at radius 1 is 1.21 bits per heavy atom. The van der Waals surface area contributed by atoms with Crippen LogP contribution in [0.2, 0.25) is 11.6 Å². The minimum atomic E-state index is 0.282. The van der Waals surface area contributed by atoms with Crippen molar-refractivity contribution in [1.82, 2.24) is 24.6 Å². The Bertz CT molecular complexity index is 1360. The molecular formula is C25H29BN6S. The van der Waals surface area contributed by atoms with Gasteiger partial charge in [-0.05, 0) is 55.6 Å². The van der Waals surface area contributed by atoms with Gasteiger partial charge >= 0.3 is 0 Å². The molecule has 8 heteroatoms. The summed E-state index contributed by atoms with van der Waals surface area (Å²) in [6.07, 6.45) is 10.8. The van der Waals surface area contributed by atoms with Crippen molar-refractivity contribution in [2.24, 2.45) is 5.92 Å². The van der Waals surface area contributed by atoms with Crippen molar-refractivity contribution in [3.8, 4) is 17.4 Å². The van der Waals surface area contributed by atoms with Gasteiger partial charge in [-0.2, -0.15) is 5.10 Å². The van der Waals surface area contributed by atoms with Crippen molar-refractivity contribution in [2.45, 2.75) is 71.4 Å². The van der Waals surface area contributed by atoms with Gasteiger partial charge in [0.1, 0.15) is 21.7 Å². The molecule has 5 heterocycles. The van der Waals surface area contributed by atoms with E-state index in [4.69, 9.17) is 15.1 Å². The maximum absolute atomic E-state index is 9.46. The van der Waals surface area contributed by atoms with Crippen LogP contribution in [-0.4, -0.2) is 31.3 Å². The third-order valence-corrected chi connectivity index (χ3v) is 8.16. The number of nitrogens with zero attached hydrogens (tertiary/aromatic N) is 6. The first kappa shape index (κ1) is 22.0. The summed E-state index contributed by atoms with van der Waals surface area (Å²) in [5.41, 5.74) is 5.49. The number of hydrogen-bond acceptors (Lipinski definition) is 6. The molecule has 1 aliphatic carbocycles. The zero-order chi connectivity index (χ0) is 23.2. The van der Waals surface area contributed by atoms with Gasteiger partial charge in [0.2, 0.25) is 0 Å². The molecular weight excluding hydrogens is 427 g/mol. The Balaban J connectivity index is 0.00000111. The summed E-state index contributed by atoms with van der Waals surface area (Å²) in [6.45, 7) is 8.31. The van der Waals surface area contributed by atoms with Gasteiger partial charge in [0.15, 0.2) is 5.65 Å². The van der Waals surface area contributed by atoms with E-state index in [0.717, 1.165) is 57.8 Å². The van der Waals surface area contributed by atoms with Gasteiger partial charge in [-0.15, -0.1) is 11.3 Å². The van der Waals surface area contributed by atoms with Gasteiger partial charge in [0.25, 0.3) is 6.71 Å². The maximum Gasteiger partial charge on any atom is 0.274 e. The summed E-state index contributed by atoms with van der Waals surface area (Å²) in [4.78, 5) is 16.4. The van der Waals surface area contributed by atoms with Gasteiger partial charge in [-0.3, -0.25) is 4.98 Å². The van der Waals surface area contributed by atoms with Gasteiger partial charge in [0, 0.05) is 10.8 Å². The fourth-order valence-electron chi connectivity index (χ4n) is 5.36. The van der Waals surface area contributed by atoms with E-state index < -0.39 is 0 Å². The smallest absolute Gasteiger partial charge is 0.251 e. The van der Waals surface area contributed by atoms with Crippen LogP contribution < -0.4 is 0 Å². The fraction of sp³-hybridized carbons (Fsp3) is 0.480. The number of hydrogen-bond donors (Lipinski definition) is 0. The first-order valence-electron chi connectivity index (χ1n) is 12.0. The van der Waals surface area contributed by atoms with Crippen LogP contribution in [0.3, 0.4) is 0 Å². The number of aryl methyl sites for hydroxylation is 2. The number of thiophene rings is 1. The number of fused-ring (bicyclic) bond motifs is 2. The Morgan fingerprint density at radius 2 is 2.03 bits per heavy atom. The molecule has 1 unspecified atom stereocenters. The molecule has 0 N–H and O–H groups in total. The van der Waals surface area contributed by atoms with Crippen molar-refractivity contribution in [1.29, 1.82) is 5.26 Å². The van der Waals surface area contributed by atoms with E-state index in [9.17, 15) is 5.26 Å². The average molecular weight is 456 g/mol. The van der Waals surface area contributed by atoms with Crippen LogP contribution in [0, 0.1) is 31.0 Å². The summed E-state index contributed by atoms with van der Waals surface area (Å²) < 4.78 is 1.83. The van der Waals surface area contributed by atoms with Crippen LogP contribution in [0.4, 0.5) is 0 Å². The largest absolute Gasteiger partial charge is 0.274 e. The number of nitriles is 1. The van der Waals surface area contributed by atoms with E-state index in [1.165, 1.54) is 24.1 Å². The highest BCUT2D eigenvalue weighted by Gasteiger charge is 2.54. The van der Waals surface area contributed by atoms with E-state index in [1.54, 1.807) is 11.3 Å². The van der Waals surface area contributed by atoms with Gasteiger partial charge in [-0.1, -0.05) is 39.4 Å². The second-order valence-corrected chi connectivity index (χ2v) is 10.5. The molecule has 33 heavy (non-hydrogen) atoms. The number of imidazole rings is 1. The van der Waals surface area contributed by atoms with Crippen molar-refractivity contribution >= 4 is 34.0 Å². The van der Waals surface area contributed by atoms with E-state index in [0.29, 0.717) is 11.2 Å². The van der Waals surface area contributed by atoms with Gasteiger partial charge < -0.3 is 0 Å². The second-order valence-electron chi connectivity index (χ2n) is 9.42. The highest BCUT2D eigenvalue weighted by molar-refractivity contribution is 7.18. The molecule has 0 radical (unpaired) electrons. The Morgan fingerprint density at radius 3 is 2.79 bits per heavy atom. The number of rotatable bonds is 3.